The summed E-state index contributed by atoms with van der Waals surface area (Å²) in [6.45, 7) is 2.04. The SMILES string of the molecule is Cc1cc(COc2cccc(C(=O)O)c2)on1. The highest BCUT2D eigenvalue weighted by atomic mass is 16.5. The van der Waals surface area contributed by atoms with E-state index in [1.807, 2.05) is 6.92 Å². The van der Waals surface area contributed by atoms with Crippen molar-refractivity contribution in [1.82, 2.24) is 5.16 Å². The highest BCUT2D eigenvalue weighted by Gasteiger charge is 2.05. The second-order valence-electron chi connectivity index (χ2n) is 3.56. The summed E-state index contributed by atoms with van der Waals surface area (Å²) in [4.78, 5) is 10.7. The molecule has 5 heteroatoms. The van der Waals surface area contributed by atoms with Crippen molar-refractivity contribution in [2.24, 2.45) is 0 Å². The van der Waals surface area contributed by atoms with Crippen LogP contribution in [0.15, 0.2) is 34.9 Å². The van der Waals surface area contributed by atoms with Gasteiger partial charge in [-0.15, -0.1) is 0 Å². The van der Waals surface area contributed by atoms with Crippen LogP contribution in [0.3, 0.4) is 0 Å². The quantitative estimate of drug-likeness (QED) is 0.876. The first kappa shape index (κ1) is 11.2. The second-order valence-corrected chi connectivity index (χ2v) is 3.56. The Morgan fingerprint density at radius 2 is 2.29 bits per heavy atom. The lowest BCUT2D eigenvalue weighted by Crippen LogP contribution is -1.98. The summed E-state index contributed by atoms with van der Waals surface area (Å²) < 4.78 is 10.4. The van der Waals surface area contributed by atoms with E-state index in [4.69, 9.17) is 14.4 Å². The number of carboxylic acid groups (broad SMARTS) is 1. The molecule has 0 spiro atoms. The Kier molecular flexibility index (Phi) is 3.09. The van der Waals surface area contributed by atoms with Crippen molar-refractivity contribution in [2.75, 3.05) is 0 Å². The van der Waals surface area contributed by atoms with E-state index < -0.39 is 5.97 Å². The summed E-state index contributed by atoms with van der Waals surface area (Å²) in [5.41, 5.74) is 0.971. The molecule has 0 aliphatic carbocycles. The zero-order chi connectivity index (χ0) is 12.3. The summed E-state index contributed by atoms with van der Waals surface area (Å²) in [6, 6.07) is 8.06. The van der Waals surface area contributed by atoms with Gasteiger partial charge in [-0.3, -0.25) is 0 Å². The summed E-state index contributed by atoms with van der Waals surface area (Å²) in [7, 11) is 0. The average Bonchev–Trinajstić information content (AvgIpc) is 2.73. The molecule has 2 aromatic rings. The highest BCUT2D eigenvalue weighted by Crippen LogP contribution is 2.15. The molecule has 0 saturated heterocycles. The minimum Gasteiger partial charge on any atom is -0.486 e. The molecule has 1 N–H and O–H groups in total. The van der Waals surface area contributed by atoms with Crippen molar-refractivity contribution in [3.05, 3.63) is 47.3 Å². The van der Waals surface area contributed by atoms with Crippen LogP contribution in [0.25, 0.3) is 0 Å². The molecule has 0 amide bonds. The first-order chi connectivity index (χ1) is 8.15. The van der Waals surface area contributed by atoms with Gasteiger partial charge in [0.05, 0.1) is 11.3 Å². The Hall–Kier alpha value is -2.30. The maximum Gasteiger partial charge on any atom is 0.335 e. The van der Waals surface area contributed by atoms with Crippen LogP contribution in [0.2, 0.25) is 0 Å². The Balaban J connectivity index is 2.04. The molecule has 0 bridgehead atoms. The molecule has 2 rings (SSSR count). The normalized spacial score (nSPS) is 10.2. The molecule has 0 aliphatic rings. The predicted octanol–water partition coefficient (Wildman–Crippen LogP) is 2.26. The summed E-state index contributed by atoms with van der Waals surface area (Å²) in [5.74, 6) is 0.105. The number of nitrogens with zero attached hydrogens (tertiary/aromatic N) is 1. The largest absolute Gasteiger partial charge is 0.486 e. The van der Waals surface area contributed by atoms with E-state index in [2.05, 4.69) is 5.16 Å². The van der Waals surface area contributed by atoms with Gasteiger partial charge in [0.1, 0.15) is 12.4 Å². The van der Waals surface area contributed by atoms with E-state index in [0.29, 0.717) is 11.5 Å². The lowest BCUT2D eigenvalue weighted by molar-refractivity contribution is 0.0696. The molecule has 0 radical (unpaired) electrons. The minimum absolute atomic E-state index is 0.191. The van der Waals surface area contributed by atoms with Gasteiger partial charge in [-0.05, 0) is 25.1 Å². The van der Waals surface area contributed by atoms with Gasteiger partial charge in [0.2, 0.25) is 0 Å². The van der Waals surface area contributed by atoms with E-state index in [-0.39, 0.29) is 12.2 Å². The molecule has 1 aromatic heterocycles. The Morgan fingerprint density at radius 3 is 2.94 bits per heavy atom. The number of hydrogen-bond acceptors (Lipinski definition) is 4. The number of aryl methyl sites for hydroxylation is 1. The Morgan fingerprint density at radius 1 is 1.47 bits per heavy atom. The first-order valence-corrected chi connectivity index (χ1v) is 5.03. The molecule has 88 valence electrons. The fourth-order valence-corrected chi connectivity index (χ4v) is 1.36. The number of hydrogen-bond donors (Lipinski definition) is 1. The van der Waals surface area contributed by atoms with E-state index in [9.17, 15) is 4.79 Å². The highest BCUT2D eigenvalue weighted by molar-refractivity contribution is 5.87. The van der Waals surface area contributed by atoms with Crippen LogP contribution >= 0.6 is 0 Å². The van der Waals surface area contributed by atoms with Gasteiger partial charge >= 0.3 is 5.97 Å². The van der Waals surface area contributed by atoms with Crippen molar-refractivity contribution >= 4 is 5.97 Å². The van der Waals surface area contributed by atoms with Crippen LogP contribution in [0.5, 0.6) is 5.75 Å². The number of benzene rings is 1. The molecule has 1 heterocycles. The molecular formula is C12H11NO4. The number of carboxylic acids is 1. The minimum atomic E-state index is -0.981. The fourth-order valence-electron chi connectivity index (χ4n) is 1.36. The summed E-state index contributed by atoms with van der Waals surface area (Å²) >= 11 is 0. The predicted molar refractivity (Wildman–Crippen MR) is 59.0 cm³/mol. The molecular weight excluding hydrogens is 222 g/mol. The summed E-state index contributed by atoms with van der Waals surface area (Å²) in [5, 5.41) is 12.5. The number of aromatic nitrogens is 1. The molecule has 5 nitrogen and oxygen atoms in total. The number of rotatable bonds is 4. The smallest absolute Gasteiger partial charge is 0.335 e. The maximum atomic E-state index is 10.7. The zero-order valence-corrected chi connectivity index (χ0v) is 9.21. The Bertz CT molecular complexity index is 533. The van der Waals surface area contributed by atoms with Gasteiger partial charge in [-0.1, -0.05) is 11.2 Å². The molecule has 0 fully saturated rings. The number of ether oxygens (including phenoxy) is 1. The first-order valence-electron chi connectivity index (χ1n) is 5.03. The van der Waals surface area contributed by atoms with Gasteiger partial charge < -0.3 is 14.4 Å². The second kappa shape index (κ2) is 4.69. The maximum absolute atomic E-state index is 10.7. The van der Waals surface area contributed by atoms with Crippen molar-refractivity contribution in [2.45, 2.75) is 13.5 Å². The topological polar surface area (TPSA) is 72.6 Å². The third kappa shape index (κ3) is 2.84. The number of carbonyl (C=O) groups is 1. The molecule has 17 heavy (non-hydrogen) atoms. The van der Waals surface area contributed by atoms with Crippen molar-refractivity contribution < 1.29 is 19.2 Å². The van der Waals surface area contributed by atoms with E-state index >= 15 is 0 Å². The monoisotopic (exact) mass is 233 g/mol. The third-order valence-electron chi connectivity index (χ3n) is 2.14. The molecule has 1 aromatic carbocycles. The van der Waals surface area contributed by atoms with Gasteiger partial charge in [0, 0.05) is 6.07 Å². The Labute approximate surface area is 97.6 Å². The molecule has 0 aliphatic heterocycles. The molecule has 0 atom stereocenters. The van der Waals surface area contributed by atoms with Crippen molar-refractivity contribution in [3.8, 4) is 5.75 Å². The van der Waals surface area contributed by atoms with Gasteiger partial charge in [-0.25, -0.2) is 4.79 Å². The summed E-state index contributed by atoms with van der Waals surface area (Å²) in [6.07, 6.45) is 0. The molecule has 0 unspecified atom stereocenters. The van der Waals surface area contributed by atoms with Gasteiger partial charge in [0.15, 0.2) is 5.76 Å². The van der Waals surface area contributed by atoms with Crippen LogP contribution in [0, 0.1) is 6.92 Å². The van der Waals surface area contributed by atoms with E-state index in [1.54, 1.807) is 18.2 Å². The van der Waals surface area contributed by atoms with Crippen molar-refractivity contribution in [1.29, 1.82) is 0 Å². The van der Waals surface area contributed by atoms with E-state index in [1.165, 1.54) is 12.1 Å². The van der Waals surface area contributed by atoms with Crippen LogP contribution in [0.4, 0.5) is 0 Å². The van der Waals surface area contributed by atoms with Crippen LogP contribution in [-0.4, -0.2) is 16.2 Å². The third-order valence-corrected chi connectivity index (χ3v) is 2.14. The standard InChI is InChI=1S/C12H11NO4/c1-8-5-11(17-13-8)7-16-10-4-2-3-9(6-10)12(14)15/h2-6H,7H2,1H3,(H,14,15). The fraction of sp³-hybridized carbons (Fsp3) is 0.167. The lowest BCUT2D eigenvalue weighted by Gasteiger charge is -2.04. The average molecular weight is 233 g/mol. The van der Waals surface area contributed by atoms with Crippen LogP contribution in [-0.2, 0) is 6.61 Å². The molecule has 0 saturated carbocycles. The van der Waals surface area contributed by atoms with Gasteiger partial charge in [0.25, 0.3) is 0 Å². The van der Waals surface area contributed by atoms with Gasteiger partial charge in [-0.2, -0.15) is 0 Å². The van der Waals surface area contributed by atoms with Crippen LogP contribution < -0.4 is 4.74 Å². The van der Waals surface area contributed by atoms with Crippen LogP contribution in [0.1, 0.15) is 21.8 Å². The van der Waals surface area contributed by atoms with Crippen molar-refractivity contribution in [3.63, 3.8) is 0 Å². The number of aromatic carboxylic acids is 1. The zero-order valence-electron chi connectivity index (χ0n) is 9.21. The van der Waals surface area contributed by atoms with E-state index in [0.717, 1.165) is 5.69 Å². The lowest BCUT2D eigenvalue weighted by atomic mass is 10.2.